The van der Waals surface area contributed by atoms with Crippen molar-refractivity contribution < 1.29 is 14.6 Å². The molecule has 0 aromatic rings. The van der Waals surface area contributed by atoms with Gasteiger partial charge >= 0.3 is 5.97 Å². The van der Waals surface area contributed by atoms with Gasteiger partial charge in [0.1, 0.15) is 0 Å². The fourth-order valence-corrected chi connectivity index (χ4v) is 0.709. The minimum atomic E-state index is -0.941. The average Bonchev–Trinajstić information content (AvgIpc) is 2.34. The largest absolute Gasteiger partial charge is 0.478 e. The highest BCUT2D eigenvalue weighted by Gasteiger charge is 2.04. The van der Waals surface area contributed by atoms with Crippen molar-refractivity contribution in [3.8, 4) is 0 Å². The van der Waals surface area contributed by atoms with Gasteiger partial charge in [-0.2, -0.15) is 0 Å². The van der Waals surface area contributed by atoms with Gasteiger partial charge in [0.2, 0.25) is 0 Å². The molecule has 10 heavy (non-hydrogen) atoms. The third kappa shape index (κ3) is 2.03. The number of hydrogen-bond donors (Lipinski definition) is 1. The van der Waals surface area contributed by atoms with Gasteiger partial charge in [-0.15, -0.1) is 0 Å². The highest BCUT2D eigenvalue weighted by atomic mass is 16.5. The van der Waals surface area contributed by atoms with Gasteiger partial charge in [-0.25, -0.2) is 4.79 Å². The molecule has 0 aromatic carbocycles. The molecule has 0 saturated heterocycles. The Hall–Kier alpha value is -1.09. The molecule has 1 aliphatic heterocycles. The maximum Gasteiger partial charge on any atom is 0.328 e. The summed E-state index contributed by atoms with van der Waals surface area (Å²) in [4.78, 5) is 9.99. The van der Waals surface area contributed by atoms with Crippen LogP contribution in [0.5, 0.6) is 0 Å². The molecule has 0 saturated carbocycles. The number of carbonyl (C=O) groups is 1. The van der Waals surface area contributed by atoms with Crippen LogP contribution in [-0.2, 0) is 9.53 Å². The summed E-state index contributed by atoms with van der Waals surface area (Å²) >= 11 is 0. The van der Waals surface area contributed by atoms with E-state index < -0.39 is 5.97 Å². The molecule has 1 unspecified atom stereocenters. The second-order valence-electron chi connectivity index (χ2n) is 1.92. The summed E-state index contributed by atoms with van der Waals surface area (Å²) < 4.78 is 5.04. The molecule has 1 aliphatic rings. The molecule has 1 heterocycles. The Bertz CT molecular complexity index is 181. The molecule has 1 atom stereocenters. The van der Waals surface area contributed by atoms with E-state index in [0.29, 0.717) is 6.61 Å². The minimum absolute atomic E-state index is 0.143. The molecular formula is C7H8O3. The van der Waals surface area contributed by atoms with Crippen molar-refractivity contribution in [2.45, 2.75) is 6.10 Å². The average molecular weight is 140 g/mol. The lowest BCUT2D eigenvalue weighted by Crippen LogP contribution is -2.00. The van der Waals surface area contributed by atoms with Crippen molar-refractivity contribution in [1.82, 2.24) is 0 Å². The molecule has 3 heteroatoms. The van der Waals surface area contributed by atoms with Crippen LogP contribution in [0.25, 0.3) is 0 Å². The fourth-order valence-electron chi connectivity index (χ4n) is 0.709. The summed E-state index contributed by atoms with van der Waals surface area (Å²) in [6.45, 7) is 0.578. The molecule has 0 spiro atoms. The maximum absolute atomic E-state index is 9.99. The Morgan fingerprint density at radius 2 is 2.60 bits per heavy atom. The van der Waals surface area contributed by atoms with Gasteiger partial charge in [-0.3, -0.25) is 0 Å². The Labute approximate surface area is 58.6 Å². The van der Waals surface area contributed by atoms with Gasteiger partial charge in [0.05, 0.1) is 12.7 Å². The topological polar surface area (TPSA) is 46.5 Å². The molecule has 1 N–H and O–H groups in total. The summed E-state index contributed by atoms with van der Waals surface area (Å²) in [6, 6.07) is 0. The summed E-state index contributed by atoms with van der Waals surface area (Å²) in [7, 11) is 0. The molecule has 0 radical (unpaired) electrons. The van der Waals surface area contributed by atoms with E-state index in [1.54, 1.807) is 0 Å². The normalized spacial score (nSPS) is 24.2. The first-order valence-corrected chi connectivity index (χ1v) is 2.98. The summed E-state index contributed by atoms with van der Waals surface area (Å²) in [5, 5.41) is 8.21. The van der Waals surface area contributed by atoms with Gasteiger partial charge in [-0.05, 0) is 6.08 Å². The lowest BCUT2D eigenvalue weighted by Gasteiger charge is -1.97. The van der Waals surface area contributed by atoms with Gasteiger partial charge < -0.3 is 9.84 Å². The zero-order valence-electron chi connectivity index (χ0n) is 5.36. The van der Waals surface area contributed by atoms with Gasteiger partial charge in [0.15, 0.2) is 0 Å². The molecular weight excluding hydrogens is 132 g/mol. The first kappa shape index (κ1) is 7.02. The van der Waals surface area contributed by atoms with Crippen LogP contribution in [-0.4, -0.2) is 23.8 Å². The number of aliphatic carboxylic acids is 1. The molecule has 1 rings (SSSR count). The highest BCUT2D eigenvalue weighted by molar-refractivity contribution is 5.79. The van der Waals surface area contributed by atoms with Crippen LogP contribution in [0.15, 0.2) is 24.3 Å². The van der Waals surface area contributed by atoms with Crippen LogP contribution in [0.2, 0.25) is 0 Å². The van der Waals surface area contributed by atoms with E-state index in [1.807, 2.05) is 12.2 Å². The van der Waals surface area contributed by atoms with E-state index in [0.717, 1.165) is 6.08 Å². The van der Waals surface area contributed by atoms with E-state index in [1.165, 1.54) is 6.08 Å². The Kier molecular flexibility index (Phi) is 2.23. The van der Waals surface area contributed by atoms with Gasteiger partial charge in [0.25, 0.3) is 0 Å². The number of carboxylic acid groups (broad SMARTS) is 1. The van der Waals surface area contributed by atoms with Crippen molar-refractivity contribution in [2.24, 2.45) is 0 Å². The van der Waals surface area contributed by atoms with E-state index in [-0.39, 0.29) is 6.10 Å². The molecule has 0 aliphatic carbocycles. The number of ether oxygens (including phenoxy) is 1. The van der Waals surface area contributed by atoms with Crippen LogP contribution in [0.1, 0.15) is 0 Å². The Balaban J connectivity index is 2.37. The first-order chi connectivity index (χ1) is 4.79. The van der Waals surface area contributed by atoms with Crippen LogP contribution in [0.3, 0.4) is 0 Å². The smallest absolute Gasteiger partial charge is 0.328 e. The highest BCUT2D eigenvalue weighted by Crippen LogP contribution is 2.03. The third-order valence-corrected chi connectivity index (χ3v) is 1.14. The van der Waals surface area contributed by atoms with Crippen molar-refractivity contribution in [1.29, 1.82) is 0 Å². The molecule has 0 amide bonds. The van der Waals surface area contributed by atoms with Crippen LogP contribution < -0.4 is 0 Å². The van der Waals surface area contributed by atoms with Gasteiger partial charge in [0, 0.05) is 6.08 Å². The van der Waals surface area contributed by atoms with Crippen molar-refractivity contribution in [2.75, 3.05) is 6.61 Å². The molecule has 3 nitrogen and oxygen atoms in total. The van der Waals surface area contributed by atoms with Crippen molar-refractivity contribution in [3.63, 3.8) is 0 Å². The van der Waals surface area contributed by atoms with Crippen LogP contribution in [0, 0.1) is 0 Å². The maximum atomic E-state index is 9.99. The van der Waals surface area contributed by atoms with Crippen LogP contribution >= 0.6 is 0 Å². The fraction of sp³-hybridized carbons (Fsp3) is 0.286. The molecule has 0 fully saturated rings. The Morgan fingerprint density at radius 1 is 1.80 bits per heavy atom. The third-order valence-electron chi connectivity index (χ3n) is 1.14. The van der Waals surface area contributed by atoms with E-state index >= 15 is 0 Å². The molecule has 54 valence electrons. The Morgan fingerprint density at radius 3 is 3.10 bits per heavy atom. The number of hydrogen-bond acceptors (Lipinski definition) is 2. The molecule has 0 aromatic heterocycles. The standard InChI is InChI=1S/C7H8O3/c8-7(9)4-3-6-2-1-5-10-6/h1-4,6H,5H2,(H,8,9)/b4-3+. The monoisotopic (exact) mass is 140 g/mol. The van der Waals surface area contributed by atoms with E-state index in [9.17, 15) is 4.79 Å². The molecule has 0 bridgehead atoms. The number of carboxylic acids is 1. The van der Waals surface area contributed by atoms with E-state index in [2.05, 4.69) is 0 Å². The SMILES string of the molecule is O=C(O)/C=C/C1C=CCO1. The quantitative estimate of drug-likeness (QED) is 0.451. The zero-order valence-corrected chi connectivity index (χ0v) is 5.36. The lowest BCUT2D eigenvalue weighted by molar-refractivity contribution is -0.131. The van der Waals surface area contributed by atoms with Crippen molar-refractivity contribution >= 4 is 5.97 Å². The summed E-state index contributed by atoms with van der Waals surface area (Å²) in [5.41, 5.74) is 0. The van der Waals surface area contributed by atoms with E-state index in [4.69, 9.17) is 9.84 Å². The predicted molar refractivity (Wildman–Crippen MR) is 35.7 cm³/mol. The van der Waals surface area contributed by atoms with Gasteiger partial charge in [-0.1, -0.05) is 12.2 Å². The summed E-state index contributed by atoms with van der Waals surface area (Å²) in [6.07, 6.45) is 6.12. The predicted octanol–water partition coefficient (Wildman–Crippen LogP) is 0.582. The minimum Gasteiger partial charge on any atom is -0.478 e. The van der Waals surface area contributed by atoms with Crippen LogP contribution in [0.4, 0.5) is 0 Å². The second-order valence-corrected chi connectivity index (χ2v) is 1.92. The first-order valence-electron chi connectivity index (χ1n) is 2.98. The summed E-state index contributed by atoms with van der Waals surface area (Å²) in [5.74, 6) is -0.941. The lowest BCUT2D eigenvalue weighted by atomic mass is 10.3. The second kappa shape index (κ2) is 3.17. The number of rotatable bonds is 2. The zero-order chi connectivity index (χ0) is 7.40. The van der Waals surface area contributed by atoms with Crippen molar-refractivity contribution in [3.05, 3.63) is 24.3 Å².